The normalized spacial score (nSPS) is 21.6. The van der Waals surface area contributed by atoms with Crippen LogP contribution in [-0.4, -0.2) is 53.7 Å². The number of anilines is 1. The number of amides is 3. The molecule has 2 unspecified atom stereocenters. The summed E-state index contributed by atoms with van der Waals surface area (Å²) in [7, 11) is 0. The van der Waals surface area contributed by atoms with Crippen molar-refractivity contribution >= 4 is 23.4 Å². The molecule has 2 aliphatic rings. The first kappa shape index (κ1) is 17.3. The van der Waals surface area contributed by atoms with Gasteiger partial charge in [-0.15, -0.1) is 0 Å². The van der Waals surface area contributed by atoms with E-state index >= 15 is 0 Å². The first-order chi connectivity index (χ1) is 13.1. The topological polar surface area (TPSA) is 82.9 Å². The van der Waals surface area contributed by atoms with Gasteiger partial charge in [-0.25, -0.2) is 0 Å². The zero-order valence-electron chi connectivity index (χ0n) is 14.8. The van der Waals surface area contributed by atoms with Gasteiger partial charge in [0.1, 0.15) is 0 Å². The smallest absolute Gasteiger partial charge is 0.289 e. The molecule has 140 valence electrons. The monoisotopic (exact) mass is 367 g/mol. The van der Waals surface area contributed by atoms with Gasteiger partial charge in [0.15, 0.2) is 5.76 Å². The maximum Gasteiger partial charge on any atom is 0.289 e. The SMILES string of the molecule is O=C(Nc1ccccc1)C1CC1C(=O)N1CCN(C(=O)c2ccco2)CC1. The van der Waals surface area contributed by atoms with Gasteiger partial charge in [-0.2, -0.15) is 0 Å². The number of carbonyl (C=O) groups excluding carboxylic acids is 3. The van der Waals surface area contributed by atoms with E-state index in [4.69, 9.17) is 4.42 Å². The fraction of sp³-hybridized carbons (Fsp3) is 0.350. The van der Waals surface area contributed by atoms with Gasteiger partial charge >= 0.3 is 0 Å². The van der Waals surface area contributed by atoms with Gasteiger partial charge in [0.2, 0.25) is 11.8 Å². The molecule has 7 heteroatoms. The summed E-state index contributed by atoms with van der Waals surface area (Å²) in [5.74, 6) is -0.450. The van der Waals surface area contributed by atoms with Crippen LogP contribution in [-0.2, 0) is 9.59 Å². The fourth-order valence-corrected chi connectivity index (χ4v) is 3.43. The molecule has 2 heterocycles. The number of carbonyl (C=O) groups is 3. The summed E-state index contributed by atoms with van der Waals surface area (Å²) in [5.41, 5.74) is 0.741. The van der Waals surface area contributed by atoms with Gasteiger partial charge in [-0.05, 0) is 30.7 Å². The molecular weight excluding hydrogens is 346 g/mol. The zero-order valence-corrected chi connectivity index (χ0v) is 14.8. The minimum atomic E-state index is -0.263. The second-order valence-corrected chi connectivity index (χ2v) is 6.90. The van der Waals surface area contributed by atoms with Crippen molar-refractivity contribution in [3.8, 4) is 0 Å². The van der Waals surface area contributed by atoms with Crippen LogP contribution in [0.4, 0.5) is 5.69 Å². The third-order valence-electron chi connectivity index (χ3n) is 5.10. The van der Waals surface area contributed by atoms with Crippen LogP contribution in [0.5, 0.6) is 0 Å². The largest absolute Gasteiger partial charge is 0.459 e. The van der Waals surface area contributed by atoms with Crippen LogP contribution < -0.4 is 5.32 Å². The van der Waals surface area contributed by atoms with Gasteiger partial charge in [0, 0.05) is 31.9 Å². The molecule has 1 N–H and O–H groups in total. The second-order valence-electron chi connectivity index (χ2n) is 6.90. The Bertz CT molecular complexity index is 826. The maximum atomic E-state index is 12.7. The number of rotatable bonds is 4. The number of furan rings is 1. The van der Waals surface area contributed by atoms with Crippen LogP contribution in [0, 0.1) is 11.8 Å². The Morgan fingerprint density at radius 1 is 0.889 bits per heavy atom. The van der Waals surface area contributed by atoms with Gasteiger partial charge < -0.3 is 19.5 Å². The van der Waals surface area contributed by atoms with Gasteiger partial charge in [-0.3, -0.25) is 14.4 Å². The van der Waals surface area contributed by atoms with E-state index in [0.29, 0.717) is 38.4 Å². The molecule has 7 nitrogen and oxygen atoms in total. The molecule has 1 aromatic heterocycles. The molecule has 1 aliphatic carbocycles. The Labute approximate surface area is 156 Å². The lowest BCUT2D eigenvalue weighted by molar-refractivity contribution is -0.135. The predicted molar refractivity (Wildman–Crippen MR) is 97.9 cm³/mol. The third-order valence-corrected chi connectivity index (χ3v) is 5.10. The van der Waals surface area contributed by atoms with Crippen LogP contribution in [0.15, 0.2) is 53.1 Å². The molecule has 2 fully saturated rings. The number of nitrogens with one attached hydrogen (secondary N) is 1. The quantitative estimate of drug-likeness (QED) is 0.894. The molecule has 1 aromatic carbocycles. The number of nitrogens with zero attached hydrogens (tertiary/aromatic N) is 2. The average molecular weight is 367 g/mol. The van der Waals surface area contributed by atoms with E-state index in [9.17, 15) is 14.4 Å². The highest BCUT2D eigenvalue weighted by Crippen LogP contribution is 2.41. The van der Waals surface area contributed by atoms with Gasteiger partial charge in [0.25, 0.3) is 5.91 Å². The summed E-state index contributed by atoms with van der Waals surface area (Å²) in [6.45, 7) is 1.90. The highest BCUT2D eigenvalue weighted by molar-refractivity contribution is 5.99. The summed E-state index contributed by atoms with van der Waals surface area (Å²) in [6, 6.07) is 12.6. The van der Waals surface area contributed by atoms with E-state index < -0.39 is 0 Å². The van der Waals surface area contributed by atoms with Crippen molar-refractivity contribution in [3.63, 3.8) is 0 Å². The zero-order chi connectivity index (χ0) is 18.8. The van der Waals surface area contributed by atoms with Crippen molar-refractivity contribution in [2.24, 2.45) is 11.8 Å². The lowest BCUT2D eigenvalue weighted by atomic mass is 10.2. The standard InChI is InChI=1S/C20H21N3O4/c24-18(21-14-5-2-1-3-6-14)15-13-16(15)19(25)22-8-10-23(11-9-22)20(26)17-7-4-12-27-17/h1-7,12,15-16H,8-11,13H2,(H,21,24). The Morgan fingerprint density at radius 2 is 1.59 bits per heavy atom. The summed E-state index contributed by atoms with van der Waals surface area (Å²) in [5, 5.41) is 2.86. The van der Waals surface area contributed by atoms with Crippen molar-refractivity contribution in [3.05, 3.63) is 54.5 Å². The van der Waals surface area contributed by atoms with Crippen LogP contribution >= 0.6 is 0 Å². The molecular formula is C20H21N3O4. The van der Waals surface area contributed by atoms with Crippen molar-refractivity contribution in [2.75, 3.05) is 31.5 Å². The molecule has 4 rings (SSSR count). The molecule has 27 heavy (non-hydrogen) atoms. The van der Waals surface area contributed by atoms with Crippen LogP contribution in [0.3, 0.4) is 0 Å². The number of para-hydroxylation sites is 1. The van der Waals surface area contributed by atoms with Crippen LogP contribution in [0.25, 0.3) is 0 Å². The van der Waals surface area contributed by atoms with Crippen molar-refractivity contribution in [1.29, 1.82) is 0 Å². The molecule has 0 spiro atoms. The van der Waals surface area contributed by atoms with E-state index in [1.807, 2.05) is 30.3 Å². The average Bonchev–Trinajstić information content (AvgIpc) is 3.33. The van der Waals surface area contributed by atoms with Crippen LogP contribution in [0.2, 0.25) is 0 Å². The van der Waals surface area contributed by atoms with E-state index in [1.165, 1.54) is 6.26 Å². The maximum absolute atomic E-state index is 12.7. The predicted octanol–water partition coefficient (Wildman–Crippen LogP) is 1.84. The van der Waals surface area contributed by atoms with Crippen molar-refractivity contribution < 1.29 is 18.8 Å². The van der Waals surface area contributed by atoms with E-state index in [2.05, 4.69) is 5.32 Å². The van der Waals surface area contributed by atoms with E-state index in [0.717, 1.165) is 5.69 Å². The highest BCUT2D eigenvalue weighted by atomic mass is 16.3. The summed E-state index contributed by atoms with van der Waals surface area (Å²) < 4.78 is 5.14. The molecule has 3 amide bonds. The van der Waals surface area contributed by atoms with Gasteiger partial charge in [-0.1, -0.05) is 18.2 Å². The van der Waals surface area contributed by atoms with Gasteiger partial charge in [0.05, 0.1) is 18.1 Å². The molecule has 1 aliphatic heterocycles. The minimum Gasteiger partial charge on any atom is -0.459 e. The highest BCUT2D eigenvalue weighted by Gasteiger charge is 2.49. The first-order valence-electron chi connectivity index (χ1n) is 9.11. The Balaban J connectivity index is 1.27. The molecule has 0 bridgehead atoms. The summed E-state index contributed by atoms with van der Waals surface area (Å²) >= 11 is 0. The number of hydrogen-bond acceptors (Lipinski definition) is 4. The van der Waals surface area contributed by atoms with Crippen molar-refractivity contribution in [2.45, 2.75) is 6.42 Å². The third kappa shape index (κ3) is 3.72. The van der Waals surface area contributed by atoms with E-state index in [-0.39, 0.29) is 29.6 Å². The van der Waals surface area contributed by atoms with Crippen molar-refractivity contribution in [1.82, 2.24) is 9.80 Å². The molecule has 0 radical (unpaired) electrons. The van der Waals surface area contributed by atoms with Crippen LogP contribution in [0.1, 0.15) is 17.0 Å². The van der Waals surface area contributed by atoms with E-state index in [1.54, 1.807) is 21.9 Å². The molecule has 2 atom stereocenters. The fourth-order valence-electron chi connectivity index (χ4n) is 3.43. The Hall–Kier alpha value is -3.09. The first-order valence-corrected chi connectivity index (χ1v) is 9.11. The Kier molecular flexibility index (Phi) is 4.66. The molecule has 1 saturated heterocycles. The number of benzene rings is 1. The summed E-state index contributed by atoms with van der Waals surface area (Å²) in [6.07, 6.45) is 2.06. The molecule has 1 saturated carbocycles. The lowest BCUT2D eigenvalue weighted by Gasteiger charge is -2.34. The lowest BCUT2D eigenvalue weighted by Crippen LogP contribution is -2.51. The Morgan fingerprint density at radius 3 is 2.26 bits per heavy atom. The summed E-state index contributed by atoms with van der Waals surface area (Å²) in [4.78, 5) is 40.7. The number of hydrogen-bond donors (Lipinski definition) is 1. The number of piperazine rings is 1. The molecule has 2 aromatic rings. The second kappa shape index (κ2) is 7.26. The minimum absolute atomic E-state index is 0.00769.